The molecule has 0 bridgehead atoms. The van der Waals surface area contributed by atoms with Gasteiger partial charge in [0.2, 0.25) is 0 Å². The summed E-state index contributed by atoms with van der Waals surface area (Å²) in [5, 5.41) is 9.30. The standard InChI is InChI=1S/C16H15FN4S/c1-2-21-15(14-8-3-4-9-18-14)19-20-16(21)22-11-12-6-5-7-13(17)10-12/h3-10H,2,11H2,1H3. The van der Waals surface area contributed by atoms with Gasteiger partial charge in [-0.25, -0.2) is 4.39 Å². The second kappa shape index (κ2) is 6.70. The van der Waals surface area contributed by atoms with Gasteiger partial charge in [0.25, 0.3) is 0 Å². The topological polar surface area (TPSA) is 43.6 Å². The second-order valence-electron chi connectivity index (χ2n) is 4.68. The van der Waals surface area contributed by atoms with E-state index < -0.39 is 0 Å². The van der Waals surface area contributed by atoms with Crippen molar-refractivity contribution in [2.75, 3.05) is 0 Å². The van der Waals surface area contributed by atoms with Gasteiger partial charge in [0.05, 0.1) is 0 Å². The highest BCUT2D eigenvalue weighted by molar-refractivity contribution is 7.98. The number of benzene rings is 1. The summed E-state index contributed by atoms with van der Waals surface area (Å²) >= 11 is 1.54. The molecule has 0 fully saturated rings. The zero-order chi connectivity index (χ0) is 15.4. The van der Waals surface area contributed by atoms with E-state index in [1.54, 1.807) is 30.1 Å². The third kappa shape index (κ3) is 3.17. The molecule has 0 aliphatic heterocycles. The summed E-state index contributed by atoms with van der Waals surface area (Å²) in [6, 6.07) is 12.3. The maximum atomic E-state index is 13.2. The number of hydrogen-bond acceptors (Lipinski definition) is 4. The van der Waals surface area contributed by atoms with E-state index in [9.17, 15) is 4.39 Å². The van der Waals surface area contributed by atoms with Crippen LogP contribution in [0.1, 0.15) is 12.5 Å². The van der Waals surface area contributed by atoms with Gasteiger partial charge in [0.15, 0.2) is 11.0 Å². The number of thioether (sulfide) groups is 1. The first-order valence-electron chi connectivity index (χ1n) is 6.99. The summed E-state index contributed by atoms with van der Waals surface area (Å²) in [6.45, 7) is 2.80. The average Bonchev–Trinajstić information content (AvgIpc) is 2.97. The minimum atomic E-state index is -0.218. The van der Waals surface area contributed by atoms with E-state index in [0.29, 0.717) is 5.75 Å². The Morgan fingerprint density at radius 1 is 1.14 bits per heavy atom. The molecule has 0 saturated heterocycles. The molecule has 0 aliphatic rings. The fourth-order valence-corrected chi connectivity index (χ4v) is 3.08. The molecule has 0 aliphatic carbocycles. The lowest BCUT2D eigenvalue weighted by molar-refractivity contribution is 0.626. The van der Waals surface area contributed by atoms with E-state index in [0.717, 1.165) is 28.8 Å². The third-order valence-corrected chi connectivity index (χ3v) is 4.22. The van der Waals surface area contributed by atoms with E-state index in [1.807, 2.05) is 35.8 Å². The smallest absolute Gasteiger partial charge is 0.191 e. The van der Waals surface area contributed by atoms with Crippen molar-refractivity contribution in [3.63, 3.8) is 0 Å². The molecule has 0 N–H and O–H groups in total. The first kappa shape index (κ1) is 14.7. The van der Waals surface area contributed by atoms with Gasteiger partial charge < -0.3 is 4.57 Å². The number of aromatic nitrogens is 4. The highest BCUT2D eigenvalue weighted by Crippen LogP contribution is 2.25. The maximum Gasteiger partial charge on any atom is 0.191 e. The van der Waals surface area contributed by atoms with Crippen molar-refractivity contribution >= 4 is 11.8 Å². The van der Waals surface area contributed by atoms with Crippen LogP contribution in [0.3, 0.4) is 0 Å². The predicted molar refractivity (Wildman–Crippen MR) is 84.9 cm³/mol. The molecule has 22 heavy (non-hydrogen) atoms. The molecular weight excluding hydrogens is 299 g/mol. The van der Waals surface area contributed by atoms with Crippen LogP contribution in [-0.4, -0.2) is 19.7 Å². The van der Waals surface area contributed by atoms with E-state index >= 15 is 0 Å². The van der Waals surface area contributed by atoms with Gasteiger partial charge in [-0.05, 0) is 36.8 Å². The summed E-state index contributed by atoms with van der Waals surface area (Å²) in [5.41, 5.74) is 1.73. The van der Waals surface area contributed by atoms with Gasteiger partial charge in [0, 0.05) is 18.5 Å². The first-order valence-corrected chi connectivity index (χ1v) is 7.98. The van der Waals surface area contributed by atoms with E-state index in [4.69, 9.17) is 0 Å². The molecule has 112 valence electrons. The Labute approximate surface area is 132 Å². The van der Waals surface area contributed by atoms with Gasteiger partial charge in [-0.15, -0.1) is 10.2 Å². The minimum Gasteiger partial charge on any atom is -0.301 e. The van der Waals surface area contributed by atoms with Crippen molar-refractivity contribution in [2.24, 2.45) is 0 Å². The molecule has 3 aromatic rings. The van der Waals surface area contributed by atoms with Crippen molar-refractivity contribution in [1.82, 2.24) is 19.7 Å². The van der Waals surface area contributed by atoms with Crippen LogP contribution in [0.4, 0.5) is 4.39 Å². The van der Waals surface area contributed by atoms with Gasteiger partial charge in [0.1, 0.15) is 11.5 Å². The Hall–Kier alpha value is -2.21. The van der Waals surface area contributed by atoms with Crippen molar-refractivity contribution in [3.05, 3.63) is 60.0 Å². The lowest BCUT2D eigenvalue weighted by Crippen LogP contribution is -2.00. The summed E-state index contributed by atoms with van der Waals surface area (Å²) in [7, 11) is 0. The van der Waals surface area contributed by atoms with Crippen LogP contribution >= 0.6 is 11.8 Å². The molecule has 3 rings (SSSR count). The van der Waals surface area contributed by atoms with Gasteiger partial charge >= 0.3 is 0 Å². The average molecular weight is 314 g/mol. The number of nitrogens with zero attached hydrogens (tertiary/aromatic N) is 4. The Morgan fingerprint density at radius 2 is 2.05 bits per heavy atom. The van der Waals surface area contributed by atoms with Crippen molar-refractivity contribution < 1.29 is 4.39 Å². The number of pyridine rings is 1. The quantitative estimate of drug-likeness (QED) is 0.672. The van der Waals surface area contributed by atoms with Gasteiger partial charge in [-0.2, -0.15) is 0 Å². The third-order valence-electron chi connectivity index (χ3n) is 3.18. The van der Waals surface area contributed by atoms with E-state index in [1.165, 1.54) is 6.07 Å². The fraction of sp³-hybridized carbons (Fsp3) is 0.188. The van der Waals surface area contributed by atoms with E-state index in [-0.39, 0.29) is 5.82 Å². The zero-order valence-electron chi connectivity index (χ0n) is 12.1. The monoisotopic (exact) mass is 314 g/mol. The predicted octanol–water partition coefficient (Wildman–Crippen LogP) is 3.79. The lowest BCUT2D eigenvalue weighted by atomic mass is 10.2. The first-order chi connectivity index (χ1) is 10.8. The highest BCUT2D eigenvalue weighted by Gasteiger charge is 2.13. The molecule has 2 aromatic heterocycles. The molecular formula is C16H15FN4S. The van der Waals surface area contributed by atoms with Gasteiger partial charge in [-0.3, -0.25) is 4.98 Å². The zero-order valence-corrected chi connectivity index (χ0v) is 12.9. The molecule has 0 saturated carbocycles. The van der Waals surface area contributed by atoms with Crippen LogP contribution in [0.2, 0.25) is 0 Å². The Morgan fingerprint density at radius 3 is 2.77 bits per heavy atom. The van der Waals surface area contributed by atoms with Crippen LogP contribution in [-0.2, 0) is 12.3 Å². The molecule has 1 aromatic carbocycles. The summed E-state index contributed by atoms with van der Waals surface area (Å²) in [4.78, 5) is 4.32. The fourth-order valence-electron chi connectivity index (χ4n) is 2.14. The van der Waals surface area contributed by atoms with Crippen LogP contribution in [0.15, 0.2) is 53.8 Å². The van der Waals surface area contributed by atoms with Crippen molar-refractivity contribution in [1.29, 1.82) is 0 Å². The Bertz CT molecular complexity index is 758. The number of hydrogen-bond donors (Lipinski definition) is 0. The number of halogens is 1. The van der Waals surface area contributed by atoms with Crippen molar-refractivity contribution in [2.45, 2.75) is 24.4 Å². The Balaban J connectivity index is 1.81. The molecule has 0 unspecified atom stereocenters. The van der Waals surface area contributed by atoms with Crippen LogP contribution < -0.4 is 0 Å². The maximum absolute atomic E-state index is 13.2. The summed E-state index contributed by atoms with van der Waals surface area (Å²) < 4.78 is 15.2. The normalized spacial score (nSPS) is 10.8. The van der Waals surface area contributed by atoms with E-state index in [2.05, 4.69) is 15.2 Å². The molecule has 0 radical (unpaired) electrons. The molecule has 0 spiro atoms. The summed E-state index contributed by atoms with van der Waals surface area (Å²) in [6.07, 6.45) is 1.74. The van der Waals surface area contributed by atoms with Crippen LogP contribution in [0.5, 0.6) is 0 Å². The Kier molecular flexibility index (Phi) is 4.48. The number of rotatable bonds is 5. The van der Waals surface area contributed by atoms with Gasteiger partial charge in [-0.1, -0.05) is 30.0 Å². The second-order valence-corrected chi connectivity index (χ2v) is 5.63. The molecule has 0 atom stereocenters. The van der Waals surface area contributed by atoms with Crippen LogP contribution in [0.25, 0.3) is 11.5 Å². The lowest BCUT2D eigenvalue weighted by Gasteiger charge is -2.06. The highest BCUT2D eigenvalue weighted by atomic mass is 32.2. The molecule has 2 heterocycles. The largest absolute Gasteiger partial charge is 0.301 e. The minimum absolute atomic E-state index is 0.218. The summed E-state index contributed by atoms with van der Waals surface area (Å²) in [5.74, 6) is 1.19. The van der Waals surface area contributed by atoms with Crippen LogP contribution in [0, 0.1) is 5.82 Å². The SMILES string of the molecule is CCn1c(SCc2cccc(F)c2)nnc1-c1ccccn1. The van der Waals surface area contributed by atoms with Crippen molar-refractivity contribution in [3.8, 4) is 11.5 Å². The molecule has 6 heteroatoms. The molecule has 4 nitrogen and oxygen atoms in total. The molecule has 0 amide bonds.